The Morgan fingerprint density at radius 2 is 1.76 bits per heavy atom. The standard InChI is InChI=1S/C15H18ClFO4/c1-3-20-13(18)15(8-9-17,14(19)21-4-2)11-6-5-7-12(16)10-11/h5-7,10H,3-4,8-9H2,1-2H3. The number of hydrogen-bond acceptors (Lipinski definition) is 4. The molecule has 0 aliphatic rings. The van der Waals surface area contributed by atoms with Crippen molar-refractivity contribution in [3.63, 3.8) is 0 Å². The SMILES string of the molecule is CCOC(=O)C(CCF)(C(=O)OCC)c1cccc(Cl)c1. The first-order chi connectivity index (χ1) is 10.0. The van der Waals surface area contributed by atoms with E-state index in [1.165, 1.54) is 12.1 Å². The molecule has 116 valence electrons. The Morgan fingerprint density at radius 1 is 1.19 bits per heavy atom. The Kier molecular flexibility index (Phi) is 6.62. The smallest absolute Gasteiger partial charge is 0.328 e. The van der Waals surface area contributed by atoms with Crippen LogP contribution in [0.5, 0.6) is 0 Å². The summed E-state index contributed by atoms with van der Waals surface area (Å²) in [6.45, 7) is 2.51. The van der Waals surface area contributed by atoms with Gasteiger partial charge in [-0.25, -0.2) is 0 Å². The minimum absolute atomic E-state index is 0.0762. The normalized spacial score (nSPS) is 11.0. The van der Waals surface area contributed by atoms with Crippen molar-refractivity contribution in [1.29, 1.82) is 0 Å². The highest BCUT2D eigenvalue weighted by molar-refractivity contribution is 6.30. The van der Waals surface area contributed by atoms with Gasteiger partial charge in [-0.3, -0.25) is 14.0 Å². The van der Waals surface area contributed by atoms with Crippen molar-refractivity contribution in [3.8, 4) is 0 Å². The summed E-state index contributed by atoms with van der Waals surface area (Å²) >= 11 is 5.92. The van der Waals surface area contributed by atoms with Crippen LogP contribution in [0.2, 0.25) is 5.02 Å². The first-order valence-electron chi connectivity index (χ1n) is 6.69. The Labute approximate surface area is 128 Å². The zero-order valence-corrected chi connectivity index (χ0v) is 12.8. The summed E-state index contributed by atoms with van der Waals surface area (Å²) in [6, 6.07) is 6.17. The molecule has 0 spiro atoms. The highest BCUT2D eigenvalue weighted by Crippen LogP contribution is 2.33. The molecule has 0 amide bonds. The molecule has 0 aliphatic heterocycles. The zero-order valence-electron chi connectivity index (χ0n) is 12.0. The predicted molar refractivity (Wildman–Crippen MR) is 77.0 cm³/mol. The summed E-state index contributed by atoms with van der Waals surface area (Å²) < 4.78 is 23.0. The van der Waals surface area contributed by atoms with Gasteiger partial charge in [-0.2, -0.15) is 0 Å². The number of halogens is 2. The fourth-order valence-electron chi connectivity index (χ4n) is 2.07. The summed E-state index contributed by atoms with van der Waals surface area (Å²) in [6.07, 6.45) is -0.356. The van der Waals surface area contributed by atoms with E-state index >= 15 is 0 Å². The summed E-state index contributed by atoms with van der Waals surface area (Å²) in [4.78, 5) is 24.7. The van der Waals surface area contributed by atoms with Crippen LogP contribution in [0.1, 0.15) is 25.8 Å². The van der Waals surface area contributed by atoms with Crippen LogP contribution in [0.3, 0.4) is 0 Å². The van der Waals surface area contributed by atoms with Crippen molar-refractivity contribution < 1.29 is 23.5 Å². The number of alkyl halides is 1. The van der Waals surface area contributed by atoms with E-state index in [0.29, 0.717) is 5.02 Å². The summed E-state index contributed by atoms with van der Waals surface area (Å²) in [7, 11) is 0. The lowest BCUT2D eigenvalue weighted by molar-refractivity contribution is -0.165. The number of ether oxygens (including phenoxy) is 2. The average molecular weight is 317 g/mol. The molecule has 0 N–H and O–H groups in total. The van der Waals surface area contributed by atoms with Gasteiger partial charge in [0.2, 0.25) is 0 Å². The van der Waals surface area contributed by atoms with Crippen LogP contribution in [0.4, 0.5) is 4.39 Å². The molecule has 21 heavy (non-hydrogen) atoms. The van der Waals surface area contributed by atoms with E-state index in [4.69, 9.17) is 21.1 Å². The van der Waals surface area contributed by atoms with Crippen molar-refractivity contribution >= 4 is 23.5 Å². The van der Waals surface area contributed by atoms with E-state index < -0.39 is 24.0 Å². The molecule has 4 nitrogen and oxygen atoms in total. The van der Waals surface area contributed by atoms with Gasteiger partial charge in [0, 0.05) is 11.4 Å². The number of rotatable bonds is 7. The number of carbonyl (C=O) groups is 2. The zero-order chi connectivity index (χ0) is 15.9. The van der Waals surface area contributed by atoms with Crippen LogP contribution in [0, 0.1) is 0 Å². The summed E-state index contributed by atoms with van der Waals surface area (Å²) in [5.41, 5.74) is -1.56. The summed E-state index contributed by atoms with van der Waals surface area (Å²) in [5.74, 6) is -1.66. The molecule has 0 radical (unpaired) electrons. The van der Waals surface area contributed by atoms with Crippen molar-refractivity contribution in [1.82, 2.24) is 0 Å². The van der Waals surface area contributed by atoms with Gasteiger partial charge >= 0.3 is 11.9 Å². The van der Waals surface area contributed by atoms with Crippen LogP contribution in [-0.2, 0) is 24.5 Å². The van der Waals surface area contributed by atoms with Gasteiger partial charge < -0.3 is 9.47 Å². The van der Waals surface area contributed by atoms with Crippen molar-refractivity contribution in [2.45, 2.75) is 25.7 Å². The van der Waals surface area contributed by atoms with E-state index in [-0.39, 0.29) is 25.2 Å². The second-order valence-corrected chi connectivity index (χ2v) is 4.73. The lowest BCUT2D eigenvalue weighted by Crippen LogP contribution is -2.46. The van der Waals surface area contributed by atoms with Crippen LogP contribution >= 0.6 is 11.6 Å². The Balaban J connectivity index is 3.42. The second-order valence-electron chi connectivity index (χ2n) is 4.30. The largest absolute Gasteiger partial charge is 0.465 e. The van der Waals surface area contributed by atoms with Crippen LogP contribution < -0.4 is 0 Å². The lowest BCUT2D eigenvalue weighted by Gasteiger charge is -2.28. The monoisotopic (exact) mass is 316 g/mol. The van der Waals surface area contributed by atoms with Gasteiger partial charge in [-0.1, -0.05) is 23.7 Å². The van der Waals surface area contributed by atoms with E-state index in [9.17, 15) is 14.0 Å². The molecule has 1 aromatic carbocycles. The summed E-state index contributed by atoms with van der Waals surface area (Å²) in [5, 5.41) is 0.337. The quantitative estimate of drug-likeness (QED) is 0.573. The number of hydrogen-bond donors (Lipinski definition) is 0. The number of carbonyl (C=O) groups excluding carboxylic acids is 2. The maximum atomic E-state index is 13.0. The van der Waals surface area contributed by atoms with Crippen molar-refractivity contribution in [2.75, 3.05) is 19.9 Å². The predicted octanol–water partition coefficient (Wildman–Crippen LogP) is 3.06. The molecule has 0 atom stereocenters. The Bertz CT molecular complexity index is 486. The molecule has 0 aromatic heterocycles. The number of benzene rings is 1. The number of esters is 2. The molecule has 6 heteroatoms. The third-order valence-electron chi connectivity index (χ3n) is 3.03. The molecular formula is C15H18ClFO4. The molecule has 0 unspecified atom stereocenters. The second kappa shape index (κ2) is 7.98. The Hall–Kier alpha value is -1.62. The molecule has 0 saturated heterocycles. The van der Waals surface area contributed by atoms with Crippen LogP contribution in [0.25, 0.3) is 0 Å². The van der Waals surface area contributed by atoms with E-state index in [2.05, 4.69) is 0 Å². The molecule has 0 aliphatic carbocycles. The minimum atomic E-state index is -1.83. The van der Waals surface area contributed by atoms with Gasteiger partial charge in [-0.15, -0.1) is 0 Å². The topological polar surface area (TPSA) is 52.6 Å². The highest BCUT2D eigenvalue weighted by Gasteiger charge is 2.50. The van der Waals surface area contributed by atoms with E-state index in [0.717, 1.165) is 0 Å². The fourth-order valence-corrected chi connectivity index (χ4v) is 2.26. The van der Waals surface area contributed by atoms with Crippen LogP contribution in [0.15, 0.2) is 24.3 Å². The maximum Gasteiger partial charge on any atom is 0.328 e. The maximum absolute atomic E-state index is 13.0. The molecule has 0 fully saturated rings. The molecule has 1 aromatic rings. The van der Waals surface area contributed by atoms with E-state index in [1.54, 1.807) is 26.0 Å². The first kappa shape index (κ1) is 17.4. The molecule has 0 heterocycles. The van der Waals surface area contributed by atoms with Gasteiger partial charge in [-0.05, 0) is 31.5 Å². The first-order valence-corrected chi connectivity index (χ1v) is 7.07. The molecular weight excluding hydrogens is 299 g/mol. The average Bonchev–Trinajstić information content (AvgIpc) is 2.45. The van der Waals surface area contributed by atoms with E-state index in [1.807, 2.05) is 0 Å². The highest BCUT2D eigenvalue weighted by atomic mass is 35.5. The van der Waals surface area contributed by atoms with Crippen LogP contribution in [-0.4, -0.2) is 31.8 Å². The van der Waals surface area contributed by atoms with Gasteiger partial charge in [0.1, 0.15) is 0 Å². The van der Waals surface area contributed by atoms with Gasteiger partial charge in [0.15, 0.2) is 5.41 Å². The molecule has 0 bridgehead atoms. The van der Waals surface area contributed by atoms with Gasteiger partial charge in [0.05, 0.1) is 19.9 Å². The molecule has 0 saturated carbocycles. The third-order valence-corrected chi connectivity index (χ3v) is 3.27. The lowest BCUT2D eigenvalue weighted by atomic mass is 9.77. The van der Waals surface area contributed by atoms with Crippen molar-refractivity contribution in [2.24, 2.45) is 0 Å². The molecule has 1 rings (SSSR count). The minimum Gasteiger partial charge on any atom is -0.465 e. The Morgan fingerprint density at radius 3 is 2.19 bits per heavy atom. The van der Waals surface area contributed by atoms with Gasteiger partial charge in [0.25, 0.3) is 0 Å². The fraction of sp³-hybridized carbons (Fsp3) is 0.467. The van der Waals surface area contributed by atoms with Crippen molar-refractivity contribution in [3.05, 3.63) is 34.9 Å². The third kappa shape index (κ3) is 3.73.